The van der Waals surface area contributed by atoms with Crippen molar-refractivity contribution in [1.29, 1.82) is 0 Å². The summed E-state index contributed by atoms with van der Waals surface area (Å²) in [5, 5.41) is 9.76. The van der Waals surface area contributed by atoms with E-state index >= 15 is 0 Å². The third-order valence-corrected chi connectivity index (χ3v) is 7.76. The predicted octanol–water partition coefficient (Wildman–Crippen LogP) is 5.45. The lowest BCUT2D eigenvalue weighted by Crippen LogP contribution is -2.25. The normalized spacial score (nSPS) is 11.6. The van der Waals surface area contributed by atoms with Crippen molar-refractivity contribution in [2.75, 3.05) is 0 Å². The van der Waals surface area contributed by atoms with Crippen LogP contribution in [0.1, 0.15) is 22.5 Å². The molecule has 1 heterocycles. The lowest BCUT2D eigenvalue weighted by atomic mass is 10.2. The summed E-state index contributed by atoms with van der Waals surface area (Å²) in [5.74, 6) is 0.564. The van der Waals surface area contributed by atoms with Crippen molar-refractivity contribution in [3.63, 3.8) is 0 Å². The van der Waals surface area contributed by atoms with Crippen LogP contribution < -0.4 is 4.72 Å². The molecule has 0 atom stereocenters. The van der Waals surface area contributed by atoms with Gasteiger partial charge in [-0.3, -0.25) is 4.57 Å². The van der Waals surface area contributed by atoms with E-state index in [2.05, 4.69) is 21.0 Å². The SMILES string of the molecule is Cc1cccc(CSc2nnc(CNS(=O)(=O)c3ccc(F)cc3)n2-c2cc(Cl)ccc2C)c1. The molecular formula is C24H22ClFN4O2S2. The molecule has 0 bridgehead atoms. The van der Waals surface area contributed by atoms with Gasteiger partial charge in [-0.25, -0.2) is 17.5 Å². The fourth-order valence-electron chi connectivity index (χ4n) is 3.38. The van der Waals surface area contributed by atoms with Gasteiger partial charge in [0.25, 0.3) is 0 Å². The van der Waals surface area contributed by atoms with Crippen LogP contribution in [0.5, 0.6) is 0 Å². The second-order valence-electron chi connectivity index (χ2n) is 7.72. The molecule has 3 aromatic carbocycles. The highest BCUT2D eigenvalue weighted by Gasteiger charge is 2.20. The minimum absolute atomic E-state index is 0.0343. The zero-order valence-corrected chi connectivity index (χ0v) is 20.9. The average molecular weight is 517 g/mol. The number of benzene rings is 3. The highest BCUT2D eigenvalue weighted by atomic mass is 35.5. The van der Waals surface area contributed by atoms with Gasteiger partial charge >= 0.3 is 0 Å². The van der Waals surface area contributed by atoms with E-state index in [0.29, 0.717) is 21.8 Å². The molecule has 4 rings (SSSR count). The number of rotatable bonds is 8. The third-order valence-electron chi connectivity index (χ3n) is 5.11. The summed E-state index contributed by atoms with van der Waals surface area (Å²) in [7, 11) is -3.87. The Hall–Kier alpha value is -2.72. The van der Waals surface area contributed by atoms with Crippen molar-refractivity contribution in [3.05, 3.63) is 100 Å². The number of hydrogen-bond donors (Lipinski definition) is 1. The maximum atomic E-state index is 13.2. The Bertz CT molecular complexity index is 1420. The molecule has 0 amide bonds. The fourth-order valence-corrected chi connectivity index (χ4v) is 5.43. The first-order valence-corrected chi connectivity index (χ1v) is 13.2. The lowest BCUT2D eigenvalue weighted by molar-refractivity contribution is 0.577. The van der Waals surface area contributed by atoms with E-state index in [1.165, 1.54) is 29.5 Å². The Labute approximate surface area is 207 Å². The molecule has 0 spiro atoms. The predicted molar refractivity (Wildman–Crippen MR) is 132 cm³/mol. The average Bonchev–Trinajstić information content (AvgIpc) is 3.21. The number of hydrogen-bond acceptors (Lipinski definition) is 5. The van der Waals surface area contributed by atoms with Gasteiger partial charge < -0.3 is 0 Å². The van der Waals surface area contributed by atoms with Crippen LogP contribution in [0.4, 0.5) is 4.39 Å². The van der Waals surface area contributed by atoms with Gasteiger partial charge in [-0.05, 0) is 61.4 Å². The number of thioether (sulfide) groups is 1. The van der Waals surface area contributed by atoms with Crippen LogP contribution in [-0.4, -0.2) is 23.2 Å². The number of sulfonamides is 1. The smallest absolute Gasteiger partial charge is 0.240 e. The van der Waals surface area contributed by atoms with Gasteiger partial charge in [0.05, 0.1) is 17.1 Å². The van der Waals surface area contributed by atoms with Crippen LogP contribution in [0.25, 0.3) is 5.69 Å². The van der Waals surface area contributed by atoms with E-state index in [1.54, 1.807) is 12.1 Å². The molecule has 0 aliphatic carbocycles. The zero-order valence-electron chi connectivity index (χ0n) is 18.5. The largest absolute Gasteiger partial charge is 0.273 e. The van der Waals surface area contributed by atoms with E-state index < -0.39 is 15.8 Å². The van der Waals surface area contributed by atoms with Crippen molar-refractivity contribution in [2.24, 2.45) is 0 Å². The quantitative estimate of drug-likeness (QED) is 0.315. The molecule has 0 saturated heterocycles. The van der Waals surface area contributed by atoms with Gasteiger partial charge in [-0.15, -0.1) is 10.2 Å². The van der Waals surface area contributed by atoms with Gasteiger partial charge in [0, 0.05) is 10.8 Å². The summed E-state index contributed by atoms with van der Waals surface area (Å²) in [5.41, 5.74) is 4.01. The minimum atomic E-state index is -3.87. The van der Waals surface area contributed by atoms with Crippen LogP contribution >= 0.6 is 23.4 Å². The van der Waals surface area contributed by atoms with Gasteiger partial charge in [0.1, 0.15) is 5.82 Å². The Morgan fingerprint density at radius 2 is 1.79 bits per heavy atom. The molecule has 1 N–H and O–H groups in total. The summed E-state index contributed by atoms with van der Waals surface area (Å²) >= 11 is 7.77. The molecule has 0 aliphatic heterocycles. The van der Waals surface area contributed by atoms with E-state index in [4.69, 9.17) is 11.6 Å². The zero-order chi connectivity index (χ0) is 24.3. The van der Waals surface area contributed by atoms with Crippen LogP contribution in [-0.2, 0) is 22.3 Å². The van der Waals surface area contributed by atoms with E-state index in [9.17, 15) is 12.8 Å². The van der Waals surface area contributed by atoms with Crippen LogP contribution in [0.15, 0.2) is 76.8 Å². The second kappa shape index (κ2) is 10.3. The minimum Gasteiger partial charge on any atom is -0.273 e. The second-order valence-corrected chi connectivity index (χ2v) is 10.9. The third kappa shape index (κ3) is 5.67. The fraction of sp³-hybridized carbons (Fsp3) is 0.167. The van der Waals surface area contributed by atoms with E-state index in [-0.39, 0.29) is 11.4 Å². The monoisotopic (exact) mass is 516 g/mol. The Morgan fingerprint density at radius 3 is 2.53 bits per heavy atom. The molecule has 1 aromatic heterocycles. The molecule has 0 aliphatic rings. The van der Waals surface area contributed by atoms with Gasteiger partial charge in [0.15, 0.2) is 11.0 Å². The molecular weight excluding hydrogens is 495 g/mol. The number of aromatic nitrogens is 3. The summed E-state index contributed by atoms with van der Waals surface area (Å²) in [6.07, 6.45) is 0. The van der Waals surface area contributed by atoms with Gasteiger partial charge in [0.2, 0.25) is 10.0 Å². The Balaban J connectivity index is 1.65. The van der Waals surface area contributed by atoms with Crippen molar-refractivity contribution < 1.29 is 12.8 Å². The standard InChI is InChI=1S/C24H22ClFN4O2S2/c1-16-4-3-5-18(12-16)15-33-24-29-28-23(30(24)22-13-19(25)7-6-17(22)2)14-27-34(31,32)21-10-8-20(26)9-11-21/h3-13,27H,14-15H2,1-2H3. The first-order valence-electron chi connectivity index (χ1n) is 10.4. The Kier molecular flexibility index (Phi) is 7.37. The van der Waals surface area contributed by atoms with Crippen molar-refractivity contribution in [2.45, 2.75) is 36.2 Å². The Morgan fingerprint density at radius 1 is 1.03 bits per heavy atom. The molecule has 10 heteroatoms. The first kappa shape index (κ1) is 24.4. The van der Waals surface area contributed by atoms with Crippen LogP contribution in [0.2, 0.25) is 5.02 Å². The maximum Gasteiger partial charge on any atom is 0.240 e. The van der Waals surface area contributed by atoms with E-state index in [0.717, 1.165) is 28.9 Å². The number of aryl methyl sites for hydroxylation is 2. The molecule has 0 saturated carbocycles. The molecule has 0 radical (unpaired) electrons. The van der Waals surface area contributed by atoms with E-state index in [1.807, 2.05) is 42.7 Å². The molecule has 0 fully saturated rings. The highest BCUT2D eigenvalue weighted by molar-refractivity contribution is 7.98. The number of halogens is 2. The lowest BCUT2D eigenvalue weighted by Gasteiger charge is -2.14. The summed E-state index contributed by atoms with van der Waals surface area (Å²) in [6, 6.07) is 18.3. The van der Waals surface area contributed by atoms with Crippen molar-refractivity contribution in [1.82, 2.24) is 19.5 Å². The summed E-state index contributed by atoms with van der Waals surface area (Å²) in [4.78, 5) is -0.0343. The van der Waals surface area contributed by atoms with Crippen LogP contribution in [0, 0.1) is 19.7 Å². The number of nitrogens with one attached hydrogen (secondary N) is 1. The highest BCUT2D eigenvalue weighted by Crippen LogP contribution is 2.29. The molecule has 34 heavy (non-hydrogen) atoms. The first-order chi connectivity index (χ1) is 16.2. The topological polar surface area (TPSA) is 76.9 Å². The molecule has 6 nitrogen and oxygen atoms in total. The molecule has 176 valence electrons. The molecule has 0 unspecified atom stereocenters. The number of nitrogens with zero attached hydrogens (tertiary/aromatic N) is 3. The van der Waals surface area contributed by atoms with Gasteiger partial charge in [-0.2, -0.15) is 0 Å². The summed E-state index contributed by atoms with van der Waals surface area (Å²) < 4.78 is 43.0. The summed E-state index contributed by atoms with van der Waals surface area (Å²) in [6.45, 7) is 3.87. The maximum absolute atomic E-state index is 13.2. The van der Waals surface area contributed by atoms with Gasteiger partial charge in [-0.1, -0.05) is 59.3 Å². The molecule has 4 aromatic rings. The van der Waals surface area contributed by atoms with Crippen molar-refractivity contribution >= 4 is 33.4 Å². The van der Waals surface area contributed by atoms with Crippen LogP contribution in [0.3, 0.4) is 0 Å². The van der Waals surface area contributed by atoms with Crippen molar-refractivity contribution in [3.8, 4) is 5.69 Å².